The van der Waals surface area contributed by atoms with Gasteiger partial charge >= 0.3 is 0 Å². The minimum absolute atomic E-state index is 0.127. The number of ether oxygens (including phenoxy) is 2. The second-order valence-electron chi connectivity index (χ2n) is 7.74. The van der Waals surface area contributed by atoms with Crippen LogP contribution in [0.2, 0.25) is 0 Å². The SMILES string of the molecule is CCCCCC(=O)N[C@@H](Cc1ccccc1)C(=O)Nc1nnc(-c2ccc3c(c2)OCO3)s1. The number of hydrogen-bond acceptors (Lipinski definition) is 7. The summed E-state index contributed by atoms with van der Waals surface area (Å²) < 4.78 is 10.8. The molecule has 1 atom stereocenters. The van der Waals surface area contributed by atoms with Crippen molar-refractivity contribution in [3.8, 4) is 22.1 Å². The van der Waals surface area contributed by atoms with Crippen molar-refractivity contribution >= 4 is 28.3 Å². The average Bonchev–Trinajstić information content (AvgIpc) is 3.48. The standard InChI is InChI=1S/C24H26N4O4S/c1-2-3-5-10-21(29)25-18(13-16-8-6-4-7-9-16)22(30)26-24-28-27-23(33-24)17-11-12-19-20(14-17)32-15-31-19/h4,6-9,11-12,14,18H,2-3,5,10,13,15H2,1H3,(H,25,29)(H,26,28,30)/t18-/m0/s1. The van der Waals surface area contributed by atoms with Gasteiger partial charge < -0.3 is 14.8 Å². The Morgan fingerprint density at radius 2 is 1.88 bits per heavy atom. The molecule has 1 aromatic heterocycles. The minimum atomic E-state index is -0.709. The molecule has 3 aromatic rings. The Morgan fingerprint density at radius 1 is 1.06 bits per heavy atom. The predicted octanol–water partition coefficient (Wildman–Crippen LogP) is 4.18. The second-order valence-corrected chi connectivity index (χ2v) is 8.71. The maximum atomic E-state index is 13.1. The summed E-state index contributed by atoms with van der Waals surface area (Å²) in [6, 6.07) is 14.4. The highest BCUT2D eigenvalue weighted by molar-refractivity contribution is 7.18. The van der Waals surface area contributed by atoms with Gasteiger partial charge in [-0.15, -0.1) is 10.2 Å². The molecular formula is C24H26N4O4S. The van der Waals surface area contributed by atoms with E-state index in [4.69, 9.17) is 9.47 Å². The summed E-state index contributed by atoms with van der Waals surface area (Å²) >= 11 is 1.26. The fourth-order valence-electron chi connectivity index (χ4n) is 3.47. The van der Waals surface area contributed by atoms with Gasteiger partial charge in [0.05, 0.1) is 0 Å². The third-order valence-corrected chi connectivity index (χ3v) is 6.10. The maximum Gasteiger partial charge on any atom is 0.249 e. The molecule has 2 N–H and O–H groups in total. The Balaban J connectivity index is 1.44. The van der Waals surface area contributed by atoms with Crippen LogP contribution in [0, 0.1) is 0 Å². The first-order valence-electron chi connectivity index (χ1n) is 11.0. The van der Waals surface area contributed by atoms with Crippen LogP contribution in [0.3, 0.4) is 0 Å². The number of aromatic nitrogens is 2. The van der Waals surface area contributed by atoms with Gasteiger partial charge in [-0.2, -0.15) is 0 Å². The lowest BCUT2D eigenvalue weighted by Gasteiger charge is -2.18. The normalized spacial score (nSPS) is 12.9. The van der Waals surface area contributed by atoms with Crippen LogP contribution >= 0.6 is 11.3 Å². The van der Waals surface area contributed by atoms with Crippen molar-refractivity contribution in [2.45, 2.75) is 45.1 Å². The molecule has 33 heavy (non-hydrogen) atoms. The number of benzene rings is 2. The first-order chi connectivity index (χ1) is 16.1. The number of nitrogens with one attached hydrogen (secondary N) is 2. The maximum absolute atomic E-state index is 13.1. The number of anilines is 1. The number of unbranched alkanes of at least 4 members (excludes halogenated alkanes) is 2. The molecule has 2 heterocycles. The molecule has 2 aromatic carbocycles. The highest BCUT2D eigenvalue weighted by Crippen LogP contribution is 2.37. The number of amides is 2. The van der Waals surface area contributed by atoms with Gasteiger partial charge in [0.25, 0.3) is 0 Å². The molecule has 2 amide bonds. The van der Waals surface area contributed by atoms with Crippen LogP contribution in [0.15, 0.2) is 48.5 Å². The van der Waals surface area contributed by atoms with E-state index in [1.807, 2.05) is 48.5 Å². The summed E-state index contributed by atoms with van der Waals surface area (Å²) in [7, 11) is 0. The van der Waals surface area contributed by atoms with Gasteiger partial charge in [-0.3, -0.25) is 14.9 Å². The smallest absolute Gasteiger partial charge is 0.249 e. The van der Waals surface area contributed by atoms with Crippen molar-refractivity contribution in [1.82, 2.24) is 15.5 Å². The van der Waals surface area contributed by atoms with E-state index < -0.39 is 6.04 Å². The fourth-order valence-corrected chi connectivity index (χ4v) is 4.22. The second kappa shape index (κ2) is 10.9. The van der Waals surface area contributed by atoms with Gasteiger partial charge in [0.1, 0.15) is 11.0 Å². The fraction of sp³-hybridized carbons (Fsp3) is 0.333. The largest absolute Gasteiger partial charge is 0.454 e. The number of carbonyl (C=O) groups is 2. The highest BCUT2D eigenvalue weighted by atomic mass is 32.1. The van der Waals surface area contributed by atoms with Gasteiger partial charge in [-0.05, 0) is 30.2 Å². The Kier molecular flexibility index (Phi) is 7.51. The van der Waals surface area contributed by atoms with Gasteiger partial charge in [-0.1, -0.05) is 61.4 Å². The van der Waals surface area contributed by atoms with Crippen LogP contribution in [0.5, 0.6) is 11.5 Å². The van der Waals surface area contributed by atoms with Crippen molar-refractivity contribution in [3.05, 3.63) is 54.1 Å². The van der Waals surface area contributed by atoms with Crippen LogP contribution in [0.1, 0.15) is 38.2 Å². The summed E-state index contributed by atoms with van der Waals surface area (Å²) in [4.78, 5) is 25.5. The topological polar surface area (TPSA) is 102 Å². The van der Waals surface area contributed by atoms with Crippen molar-refractivity contribution in [2.75, 3.05) is 12.1 Å². The summed E-state index contributed by atoms with van der Waals surface area (Å²) in [5.74, 6) is 0.895. The lowest BCUT2D eigenvalue weighted by Crippen LogP contribution is -2.45. The molecule has 0 spiro atoms. The van der Waals surface area contributed by atoms with Gasteiger partial charge in [-0.25, -0.2) is 0 Å². The molecule has 0 radical (unpaired) electrons. The number of hydrogen-bond donors (Lipinski definition) is 2. The molecule has 0 saturated heterocycles. The molecule has 8 nitrogen and oxygen atoms in total. The molecule has 0 aliphatic carbocycles. The van der Waals surface area contributed by atoms with Gasteiger partial charge in [0.2, 0.25) is 23.7 Å². The predicted molar refractivity (Wildman–Crippen MR) is 126 cm³/mol. The molecule has 0 fully saturated rings. The molecule has 4 rings (SSSR count). The van der Waals surface area contributed by atoms with Crippen molar-refractivity contribution in [3.63, 3.8) is 0 Å². The zero-order chi connectivity index (χ0) is 23.0. The summed E-state index contributed by atoms with van der Waals surface area (Å²) in [5.41, 5.74) is 1.78. The van der Waals surface area contributed by atoms with E-state index in [1.54, 1.807) is 0 Å². The lowest BCUT2D eigenvalue weighted by molar-refractivity contribution is -0.126. The van der Waals surface area contributed by atoms with Crippen LogP contribution < -0.4 is 20.1 Å². The Hall–Kier alpha value is -3.46. The highest BCUT2D eigenvalue weighted by Gasteiger charge is 2.23. The third-order valence-electron chi connectivity index (χ3n) is 5.22. The molecule has 0 bridgehead atoms. The Morgan fingerprint density at radius 3 is 2.70 bits per heavy atom. The molecular weight excluding hydrogens is 440 g/mol. The van der Waals surface area contributed by atoms with Gasteiger partial charge in [0.15, 0.2) is 11.5 Å². The van der Waals surface area contributed by atoms with Crippen LogP contribution in [0.25, 0.3) is 10.6 Å². The molecule has 1 aliphatic rings. The van der Waals surface area contributed by atoms with Crippen molar-refractivity contribution in [2.24, 2.45) is 0 Å². The zero-order valence-corrected chi connectivity index (χ0v) is 19.2. The molecule has 9 heteroatoms. The van der Waals surface area contributed by atoms with E-state index in [9.17, 15) is 9.59 Å². The van der Waals surface area contributed by atoms with Crippen molar-refractivity contribution < 1.29 is 19.1 Å². The zero-order valence-electron chi connectivity index (χ0n) is 18.4. The van der Waals surface area contributed by atoms with E-state index in [1.165, 1.54) is 11.3 Å². The Bertz CT molecular complexity index is 1100. The minimum Gasteiger partial charge on any atom is -0.454 e. The van der Waals surface area contributed by atoms with E-state index in [2.05, 4.69) is 27.8 Å². The first-order valence-corrected chi connectivity index (χ1v) is 11.8. The third kappa shape index (κ3) is 6.07. The molecule has 0 unspecified atom stereocenters. The molecule has 1 aliphatic heterocycles. The quantitative estimate of drug-likeness (QED) is 0.435. The average molecular weight is 467 g/mol. The number of rotatable bonds is 10. The van der Waals surface area contributed by atoms with E-state index in [-0.39, 0.29) is 18.6 Å². The van der Waals surface area contributed by atoms with Crippen molar-refractivity contribution in [1.29, 1.82) is 0 Å². The molecule has 172 valence electrons. The number of carbonyl (C=O) groups excluding carboxylic acids is 2. The number of nitrogens with zero attached hydrogens (tertiary/aromatic N) is 2. The van der Waals surface area contributed by atoms with Crippen LogP contribution in [0.4, 0.5) is 5.13 Å². The monoisotopic (exact) mass is 466 g/mol. The lowest BCUT2D eigenvalue weighted by atomic mass is 10.0. The summed E-state index contributed by atoms with van der Waals surface area (Å²) in [6.45, 7) is 2.28. The molecule has 0 saturated carbocycles. The van der Waals surface area contributed by atoms with Gasteiger partial charge in [0, 0.05) is 18.4 Å². The summed E-state index contributed by atoms with van der Waals surface area (Å²) in [6.07, 6.45) is 3.61. The van der Waals surface area contributed by atoms with E-state index in [0.717, 1.165) is 30.4 Å². The van der Waals surface area contributed by atoms with Crippen LogP contribution in [-0.2, 0) is 16.0 Å². The number of fused-ring (bicyclic) bond motifs is 1. The first kappa shape index (κ1) is 22.7. The van der Waals surface area contributed by atoms with Crippen LogP contribution in [-0.4, -0.2) is 34.8 Å². The summed E-state index contributed by atoms with van der Waals surface area (Å²) in [5, 5.41) is 15.0. The van der Waals surface area contributed by atoms with E-state index >= 15 is 0 Å². The van der Waals surface area contributed by atoms with E-state index in [0.29, 0.717) is 34.5 Å². The Labute approximate surface area is 196 Å².